The van der Waals surface area contributed by atoms with Gasteiger partial charge in [-0.2, -0.15) is 0 Å². The van der Waals surface area contributed by atoms with Gasteiger partial charge in [0.15, 0.2) is 23.2 Å². The Balaban J connectivity index is 0.00000242. The minimum atomic E-state index is -1.25. The van der Waals surface area contributed by atoms with Crippen molar-refractivity contribution in [3.8, 4) is 11.5 Å². The molecule has 5 rings (SSSR count). The third-order valence-electron chi connectivity index (χ3n) is 8.32. The molecule has 0 radical (unpaired) electrons. The molecule has 5 nitrogen and oxygen atoms in total. The first-order valence-electron chi connectivity index (χ1n) is 14.0. The highest BCUT2D eigenvalue weighted by Gasteiger charge is 2.26. The van der Waals surface area contributed by atoms with Gasteiger partial charge in [0, 0.05) is 30.4 Å². The minimum Gasteiger partial charge on any atom is -0.454 e. The summed E-state index contributed by atoms with van der Waals surface area (Å²) < 4.78 is 46.0. The summed E-state index contributed by atoms with van der Waals surface area (Å²) in [7, 11) is 2.13. The molecule has 2 fully saturated rings. The zero-order chi connectivity index (χ0) is 28.2. The fourth-order valence-corrected chi connectivity index (χ4v) is 5.89. The molecule has 1 amide bonds. The van der Waals surface area contributed by atoms with Crippen LogP contribution in [0.3, 0.4) is 0 Å². The highest BCUT2D eigenvalue weighted by Crippen LogP contribution is 2.34. The Morgan fingerprint density at radius 1 is 0.857 bits per heavy atom. The number of benzene rings is 3. The third kappa shape index (κ3) is 7.98. The van der Waals surface area contributed by atoms with E-state index in [1.54, 1.807) is 12.1 Å². The number of halogens is 5. The van der Waals surface area contributed by atoms with E-state index in [-0.39, 0.29) is 36.6 Å². The van der Waals surface area contributed by atoms with Crippen LogP contribution < -0.4 is 9.64 Å². The molecular weight excluding hydrogens is 586 g/mol. The number of piperidine rings is 2. The van der Waals surface area contributed by atoms with Gasteiger partial charge in [-0.15, -0.1) is 24.8 Å². The van der Waals surface area contributed by atoms with Gasteiger partial charge in [-0.05, 0) is 113 Å². The van der Waals surface area contributed by atoms with E-state index < -0.39 is 17.5 Å². The van der Waals surface area contributed by atoms with Crippen LogP contribution in [-0.4, -0.2) is 55.5 Å². The first-order valence-corrected chi connectivity index (χ1v) is 14.0. The first kappa shape index (κ1) is 33.7. The highest BCUT2D eigenvalue weighted by molar-refractivity contribution is 5.85. The number of likely N-dealkylation sites (tertiary alicyclic amines) is 2. The van der Waals surface area contributed by atoms with Gasteiger partial charge in [0.2, 0.25) is 6.41 Å². The van der Waals surface area contributed by atoms with Gasteiger partial charge in [-0.25, -0.2) is 13.2 Å². The second kappa shape index (κ2) is 15.1. The summed E-state index contributed by atoms with van der Waals surface area (Å²) in [6.07, 6.45) is 5.06. The number of ether oxygens (including phenoxy) is 1. The Bertz CT molecular complexity index is 1330. The maximum Gasteiger partial charge on any atom is 0.214 e. The Hall–Kier alpha value is -2.78. The van der Waals surface area contributed by atoms with Crippen molar-refractivity contribution in [1.29, 1.82) is 0 Å². The molecule has 0 bridgehead atoms. The van der Waals surface area contributed by atoms with Crippen LogP contribution >= 0.6 is 24.8 Å². The van der Waals surface area contributed by atoms with E-state index in [1.165, 1.54) is 11.1 Å². The van der Waals surface area contributed by atoms with E-state index in [0.717, 1.165) is 76.1 Å². The Kier molecular flexibility index (Phi) is 12.1. The van der Waals surface area contributed by atoms with Crippen LogP contribution in [0.2, 0.25) is 0 Å². The number of aryl methyl sites for hydroxylation is 1. The second-order valence-corrected chi connectivity index (χ2v) is 11.1. The number of carbonyl (C=O) groups is 1. The molecule has 0 unspecified atom stereocenters. The molecule has 42 heavy (non-hydrogen) atoms. The molecule has 0 saturated carbocycles. The smallest absolute Gasteiger partial charge is 0.214 e. The maximum absolute atomic E-state index is 13.9. The monoisotopic (exact) mass is 623 g/mol. The van der Waals surface area contributed by atoms with Crippen LogP contribution in [0, 0.1) is 24.4 Å². The fourth-order valence-electron chi connectivity index (χ4n) is 5.89. The number of carbonyl (C=O) groups excluding carboxylic acids is 1. The van der Waals surface area contributed by atoms with Crippen molar-refractivity contribution in [2.24, 2.45) is 0 Å². The molecule has 3 aromatic rings. The minimum absolute atomic E-state index is 0. The van der Waals surface area contributed by atoms with E-state index in [4.69, 9.17) is 4.74 Å². The summed E-state index contributed by atoms with van der Waals surface area (Å²) in [5.74, 6) is -2.90. The zero-order valence-electron chi connectivity index (χ0n) is 23.9. The second-order valence-electron chi connectivity index (χ2n) is 11.1. The van der Waals surface area contributed by atoms with Crippen LogP contribution in [0.4, 0.5) is 18.9 Å². The van der Waals surface area contributed by atoms with Crippen LogP contribution in [-0.2, 0) is 11.3 Å². The molecule has 0 spiro atoms. The quantitative estimate of drug-likeness (QED) is 0.192. The Morgan fingerprint density at radius 2 is 1.50 bits per heavy atom. The summed E-state index contributed by atoms with van der Waals surface area (Å²) >= 11 is 0. The molecule has 0 N–H and O–H groups in total. The van der Waals surface area contributed by atoms with Crippen molar-refractivity contribution in [3.05, 3.63) is 88.7 Å². The van der Waals surface area contributed by atoms with Crippen LogP contribution in [0.5, 0.6) is 11.5 Å². The van der Waals surface area contributed by atoms with E-state index in [9.17, 15) is 18.0 Å². The largest absolute Gasteiger partial charge is 0.454 e. The molecule has 3 aromatic carbocycles. The molecule has 2 heterocycles. The number of amides is 1. The molecule has 2 aliphatic rings. The fraction of sp³-hybridized carbons (Fsp3) is 0.406. The lowest BCUT2D eigenvalue weighted by Crippen LogP contribution is -2.43. The topological polar surface area (TPSA) is 36.0 Å². The zero-order valence-corrected chi connectivity index (χ0v) is 25.5. The summed E-state index contributed by atoms with van der Waals surface area (Å²) in [5, 5.41) is 0. The van der Waals surface area contributed by atoms with Gasteiger partial charge >= 0.3 is 0 Å². The molecule has 0 aliphatic carbocycles. The van der Waals surface area contributed by atoms with Crippen molar-refractivity contribution in [1.82, 2.24) is 9.80 Å². The average Bonchev–Trinajstić information content (AvgIpc) is 2.95. The molecule has 0 atom stereocenters. The summed E-state index contributed by atoms with van der Waals surface area (Å²) in [6, 6.07) is 15.1. The van der Waals surface area contributed by atoms with Gasteiger partial charge in [0.1, 0.15) is 5.75 Å². The SMILES string of the molecule is Cc1ccc(N(C=O)C2CCN(C)CC2)cc1C1CCN(Cc2ccc(Oc3cc(F)c(F)cc3F)cc2)CC1.Cl.Cl. The lowest BCUT2D eigenvalue weighted by Gasteiger charge is -2.36. The summed E-state index contributed by atoms with van der Waals surface area (Å²) in [4.78, 5) is 18.7. The van der Waals surface area contributed by atoms with E-state index in [1.807, 2.05) is 17.0 Å². The number of hydrogen-bond acceptors (Lipinski definition) is 4. The average molecular weight is 625 g/mol. The predicted octanol–water partition coefficient (Wildman–Crippen LogP) is 7.48. The normalized spacial score (nSPS) is 16.8. The molecular formula is C32H38Cl2F3N3O2. The number of anilines is 1. The van der Waals surface area contributed by atoms with Crippen molar-refractivity contribution in [2.75, 3.05) is 38.1 Å². The van der Waals surface area contributed by atoms with E-state index in [2.05, 4.69) is 42.0 Å². The van der Waals surface area contributed by atoms with Crippen molar-refractivity contribution < 1.29 is 22.7 Å². The van der Waals surface area contributed by atoms with E-state index in [0.29, 0.717) is 23.8 Å². The summed E-state index contributed by atoms with van der Waals surface area (Å²) in [5.41, 5.74) is 4.69. The van der Waals surface area contributed by atoms with Crippen LogP contribution in [0.25, 0.3) is 0 Å². The highest BCUT2D eigenvalue weighted by atomic mass is 35.5. The van der Waals surface area contributed by atoms with Gasteiger partial charge in [-0.3, -0.25) is 9.69 Å². The van der Waals surface area contributed by atoms with Gasteiger partial charge in [-0.1, -0.05) is 18.2 Å². The maximum atomic E-state index is 13.9. The molecule has 0 aromatic heterocycles. The van der Waals surface area contributed by atoms with Gasteiger partial charge in [0.05, 0.1) is 0 Å². The van der Waals surface area contributed by atoms with E-state index >= 15 is 0 Å². The molecule has 2 saturated heterocycles. The number of nitrogens with zero attached hydrogens (tertiary/aromatic N) is 3. The lowest BCUT2D eigenvalue weighted by atomic mass is 9.86. The Morgan fingerprint density at radius 3 is 2.14 bits per heavy atom. The predicted molar refractivity (Wildman–Crippen MR) is 165 cm³/mol. The molecule has 2 aliphatic heterocycles. The lowest BCUT2D eigenvalue weighted by molar-refractivity contribution is -0.108. The Labute approximate surface area is 258 Å². The standard InChI is InChI=1S/C32H36F3N3O2.2ClH/c1-22-3-6-26(38(21-39)25-11-13-36(2)14-12-25)17-28(22)24-9-15-37(16-10-24)20-23-4-7-27(8-5-23)40-32-19-30(34)29(33)18-31(32)35;;/h3-8,17-19,21,24-25H,9-16,20H2,1-2H3;2*1H. The van der Waals surface area contributed by atoms with Crippen molar-refractivity contribution in [3.63, 3.8) is 0 Å². The van der Waals surface area contributed by atoms with Crippen molar-refractivity contribution >= 4 is 36.9 Å². The number of rotatable bonds is 8. The molecule has 10 heteroatoms. The third-order valence-corrected chi connectivity index (χ3v) is 8.32. The summed E-state index contributed by atoms with van der Waals surface area (Å²) in [6.45, 7) is 6.87. The van der Waals surface area contributed by atoms with Crippen molar-refractivity contribution in [2.45, 2.75) is 51.1 Å². The van der Waals surface area contributed by atoms with Crippen LogP contribution in [0.1, 0.15) is 48.3 Å². The molecule has 228 valence electrons. The van der Waals surface area contributed by atoms with Crippen LogP contribution in [0.15, 0.2) is 54.6 Å². The van der Waals surface area contributed by atoms with Gasteiger partial charge in [0.25, 0.3) is 0 Å². The first-order chi connectivity index (χ1) is 19.3. The number of hydrogen-bond donors (Lipinski definition) is 0. The van der Waals surface area contributed by atoms with Gasteiger partial charge < -0.3 is 14.5 Å².